The molecule has 0 atom stereocenters. The Labute approximate surface area is 91.6 Å². The van der Waals surface area contributed by atoms with E-state index in [4.69, 9.17) is 5.11 Å². The standard InChI is InChI=1S/C10H20O4S/c1-8(2)6-5-7-15(13,14)10(3,4)9(11)12/h8H,5-7H2,1-4H3,(H,11,12). The number of carbonyl (C=O) groups is 1. The van der Waals surface area contributed by atoms with Gasteiger partial charge < -0.3 is 5.11 Å². The van der Waals surface area contributed by atoms with Gasteiger partial charge in [-0.1, -0.05) is 20.3 Å². The second-order valence-corrected chi connectivity index (χ2v) is 7.33. The number of carboxylic acids is 1. The summed E-state index contributed by atoms with van der Waals surface area (Å²) in [6.07, 6.45) is 1.33. The maximum Gasteiger partial charge on any atom is 0.324 e. The van der Waals surface area contributed by atoms with Gasteiger partial charge in [0, 0.05) is 0 Å². The normalized spacial score (nSPS) is 13.1. The Bertz CT molecular complexity index is 314. The number of hydrogen-bond donors (Lipinski definition) is 1. The van der Waals surface area contributed by atoms with Crippen LogP contribution in [0.4, 0.5) is 0 Å². The van der Waals surface area contributed by atoms with Crippen LogP contribution in [0.1, 0.15) is 40.5 Å². The molecule has 90 valence electrons. The first-order valence-corrected chi connectivity index (χ1v) is 6.72. The number of carboxylic acid groups (broad SMARTS) is 1. The van der Waals surface area contributed by atoms with E-state index in [1.165, 1.54) is 13.8 Å². The van der Waals surface area contributed by atoms with Crippen molar-refractivity contribution in [1.29, 1.82) is 0 Å². The number of aliphatic carboxylic acids is 1. The molecule has 0 amide bonds. The SMILES string of the molecule is CC(C)CCCS(=O)(=O)C(C)(C)C(=O)O. The average molecular weight is 236 g/mol. The molecule has 0 aromatic heterocycles. The number of rotatable bonds is 6. The van der Waals surface area contributed by atoms with Gasteiger partial charge in [0.1, 0.15) is 0 Å². The van der Waals surface area contributed by atoms with Crippen LogP contribution < -0.4 is 0 Å². The molecule has 4 nitrogen and oxygen atoms in total. The highest BCUT2D eigenvalue weighted by atomic mass is 32.2. The molecule has 0 heterocycles. The smallest absolute Gasteiger partial charge is 0.324 e. The van der Waals surface area contributed by atoms with Crippen LogP contribution in [0.5, 0.6) is 0 Å². The van der Waals surface area contributed by atoms with E-state index in [1.807, 2.05) is 13.8 Å². The molecule has 0 aliphatic rings. The average Bonchev–Trinajstić information content (AvgIpc) is 2.02. The fourth-order valence-electron chi connectivity index (χ4n) is 1.07. The van der Waals surface area contributed by atoms with Crippen molar-refractivity contribution in [3.05, 3.63) is 0 Å². The monoisotopic (exact) mass is 236 g/mol. The van der Waals surface area contributed by atoms with E-state index in [0.29, 0.717) is 12.3 Å². The van der Waals surface area contributed by atoms with Crippen LogP contribution in [0.2, 0.25) is 0 Å². The molecular formula is C10H20O4S. The summed E-state index contributed by atoms with van der Waals surface area (Å²) in [6.45, 7) is 6.49. The predicted molar refractivity (Wildman–Crippen MR) is 59.6 cm³/mol. The van der Waals surface area contributed by atoms with Crippen molar-refractivity contribution in [2.75, 3.05) is 5.75 Å². The maximum atomic E-state index is 11.7. The van der Waals surface area contributed by atoms with Crippen molar-refractivity contribution in [2.24, 2.45) is 5.92 Å². The molecule has 0 aromatic carbocycles. The van der Waals surface area contributed by atoms with Gasteiger partial charge in [0.2, 0.25) is 0 Å². The molecule has 0 aromatic rings. The Morgan fingerprint density at radius 1 is 1.33 bits per heavy atom. The zero-order chi connectivity index (χ0) is 12.3. The molecule has 0 unspecified atom stereocenters. The van der Waals surface area contributed by atoms with Crippen LogP contribution in [-0.4, -0.2) is 30.0 Å². The van der Waals surface area contributed by atoms with Crippen LogP contribution >= 0.6 is 0 Å². The van der Waals surface area contributed by atoms with Crippen molar-refractivity contribution >= 4 is 15.8 Å². The molecule has 0 aliphatic carbocycles. The Morgan fingerprint density at radius 3 is 2.13 bits per heavy atom. The molecule has 0 rings (SSSR count). The Balaban J connectivity index is 4.50. The lowest BCUT2D eigenvalue weighted by Gasteiger charge is -2.19. The Hall–Kier alpha value is -0.580. The Morgan fingerprint density at radius 2 is 1.80 bits per heavy atom. The first kappa shape index (κ1) is 14.4. The quantitative estimate of drug-likeness (QED) is 0.762. The highest BCUT2D eigenvalue weighted by Gasteiger charge is 2.41. The fourth-order valence-corrected chi connectivity index (χ4v) is 2.39. The molecule has 15 heavy (non-hydrogen) atoms. The molecule has 1 N–H and O–H groups in total. The zero-order valence-corrected chi connectivity index (χ0v) is 10.6. The third-order valence-corrected chi connectivity index (χ3v) is 5.04. The summed E-state index contributed by atoms with van der Waals surface area (Å²) >= 11 is 0. The minimum Gasteiger partial charge on any atom is -0.480 e. The second-order valence-electron chi connectivity index (χ2n) is 4.67. The summed E-state index contributed by atoms with van der Waals surface area (Å²) in [5.74, 6) is -0.898. The lowest BCUT2D eigenvalue weighted by molar-refractivity contribution is -0.139. The number of sulfone groups is 1. The Kier molecular flexibility index (Phi) is 4.77. The molecule has 5 heteroatoms. The van der Waals surface area contributed by atoms with E-state index in [1.54, 1.807) is 0 Å². The number of hydrogen-bond acceptors (Lipinski definition) is 3. The van der Waals surface area contributed by atoms with Crippen molar-refractivity contribution in [3.63, 3.8) is 0 Å². The van der Waals surface area contributed by atoms with Crippen molar-refractivity contribution < 1.29 is 18.3 Å². The molecule has 0 fully saturated rings. The van der Waals surface area contributed by atoms with Gasteiger partial charge in [0.25, 0.3) is 0 Å². The summed E-state index contributed by atoms with van der Waals surface area (Å²) in [7, 11) is -3.55. The maximum absolute atomic E-state index is 11.7. The fraction of sp³-hybridized carbons (Fsp3) is 0.900. The third kappa shape index (κ3) is 3.81. The lowest BCUT2D eigenvalue weighted by Crippen LogP contribution is -2.41. The van der Waals surface area contributed by atoms with Gasteiger partial charge in [0.15, 0.2) is 14.6 Å². The first-order chi connectivity index (χ1) is 6.61. The minimum absolute atomic E-state index is 0.0511. The van der Waals surface area contributed by atoms with Gasteiger partial charge in [-0.15, -0.1) is 0 Å². The van der Waals surface area contributed by atoms with Crippen LogP contribution in [0.3, 0.4) is 0 Å². The largest absolute Gasteiger partial charge is 0.480 e. The highest BCUT2D eigenvalue weighted by Crippen LogP contribution is 2.19. The van der Waals surface area contributed by atoms with Crippen molar-refractivity contribution in [1.82, 2.24) is 0 Å². The molecule has 0 aliphatic heterocycles. The molecule has 0 saturated heterocycles. The molecule has 0 radical (unpaired) electrons. The highest BCUT2D eigenvalue weighted by molar-refractivity contribution is 7.93. The molecular weight excluding hydrogens is 216 g/mol. The van der Waals surface area contributed by atoms with E-state index in [-0.39, 0.29) is 5.75 Å². The predicted octanol–water partition coefficient (Wildman–Crippen LogP) is 1.70. The van der Waals surface area contributed by atoms with Crippen LogP contribution in [0.15, 0.2) is 0 Å². The summed E-state index contributed by atoms with van der Waals surface area (Å²) in [5.41, 5.74) is 0. The molecule has 0 spiro atoms. The van der Waals surface area contributed by atoms with Crippen molar-refractivity contribution in [3.8, 4) is 0 Å². The summed E-state index contributed by atoms with van der Waals surface area (Å²) in [6, 6.07) is 0. The van der Waals surface area contributed by atoms with Gasteiger partial charge >= 0.3 is 5.97 Å². The second kappa shape index (κ2) is 4.96. The van der Waals surface area contributed by atoms with Gasteiger partial charge in [-0.3, -0.25) is 4.79 Å². The zero-order valence-electron chi connectivity index (χ0n) is 9.78. The summed E-state index contributed by atoms with van der Waals surface area (Å²) < 4.78 is 21.7. The van der Waals surface area contributed by atoms with Gasteiger partial charge in [-0.2, -0.15) is 0 Å². The van der Waals surface area contributed by atoms with E-state index in [0.717, 1.165) is 6.42 Å². The summed E-state index contributed by atoms with van der Waals surface area (Å²) in [5, 5.41) is 8.81. The van der Waals surface area contributed by atoms with Gasteiger partial charge in [0.05, 0.1) is 5.75 Å². The topological polar surface area (TPSA) is 71.4 Å². The molecule has 0 saturated carbocycles. The molecule has 0 bridgehead atoms. The first-order valence-electron chi connectivity index (χ1n) is 5.07. The van der Waals surface area contributed by atoms with Crippen molar-refractivity contribution in [2.45, 2.75) is 45.3 Å². The lowest BCUT2D eigenvalue weighted by atomic mass is 10.1. The van der Waals surface area contributed by atoms with E-state index in [2.05, 4.69) is 0 Å². The van der Waals surface area contributed by atoms with Gasteiger partial charge in [-0.05, 0) is 26.2 Å². The van der Waals surface area contributed by atoms with Crippen LogP contribution in [0.25, 0.3) is 0 Å². The van der Waals surface area contributed by atoms with E-state index < -0.39 is 20.6 Å². The van der Waals surface area contributed by atoms with E-state index in [9.17, 15) is 13.2 Å². The third-order valence-electron chi connectivity index (χ3n) is 2.49. The minimum atomic E-state index is -3.55. The van der Waals surface area contributed by atoms with Gasteiger partial charge in [-0.25, -0.2) is 8.42 Å². The van der Waals surface area contributed by atoms with E-state index >= 15 is 0 Å². The van der Waals surface area contributed by atoms with Crippen LogP contribution in [0, 0.1) is 5.92 Å². The summed E-state index contributed by atoms with van der Waals surface area (Å²) in [4.78, 5) is 10.8. The van der Waals surface area contributed by atoms with Crippen LogP contribution in [-0.2, 0) is 14.6 Å².